The van der Waals surface area contributed by atoms with Crippen LogP contribution in [0.15, 0.2) is 59.5 Å². The SMILES string of the molecule is COC(=O)c1c(NC(=O)c2ccc(S(=O)(=O)N(C)c3ccccc3)cc2)sc2c1CCN(C)C2. The summed E-state index contributed by atoms with van der Waals surface area (Å²) in [6.45, 7) is 1.51. The lowest BCUT2D eigenvalue weighted by Crippen LogP contribution is -2.26. The highest BCUT2D eigenvalue weighted by Crippen LogP contribution is 2.37. The average Bonchev–Trinajstić information content (AvgIpc) is 3.20. The van der Waals surface area contributed by atoms with Crippen molar-refractivity contribution in [3.05, 3.63) is 76.2 Å². The minimum absolute atomic E-state index is 0.0697. The lowest BCUT2D eigenvalue weighted by molar-refractivity contribution is 0.0600. The van der Waals surface area contributed by atoms with Crippen molar-refractivity contribution < 1.29 is 22.7 Å². The summed E-state index contributed by atoms with van der Waals surface area (Å²) in [7, 11) is 1.02. The van der Waals surface area contributed by atoms with Crippen LogP contribution in [0, 0.1) is 0 Å². The number of anilines is 2. The maximum atomic E-state index is 13.0. The molecule has 1 amide bonds. The number of benzene rings is 2. The Balaban J connectivity index is 1.57. The van der Waals surface area contributed by atoms with E-state index in [1.807, 2.05) is 13.1 Å². The maximum absolute atomic E-state index is 13.0. The number of thiophene rings is 1. The summed E-state index contributed by atoms with van der Waals surface area (Å²) in [5.41, 5.74) is 2.12. The van der Waals surface area contributed by atoms with Gasteiger partial charge in [-0.05, 0) is 55.4 Å². The molecule has 1 N–H and O–H groups in total. The third kappa shape index (κ3) is 4.56. The van der Waals surface area contributed by atoms with E-state index in [1.54, 1.807) is 24.3 Å². The van der Waals surface area contributed by atoms with Gasteiger partial charge in [-0.1, -0.05) is 18.2 Å². The molecule has 0 atom stereocenters. The second kappa shape index (κ2) is 9.57. The monoisotopic (exact) mass is 499 g/mol. The summed E-state index contributed by atoms with van der Waals surface area (Å²) in [5.74, 6) is -0.916. The van der Waals surface area contributed by atoms with Crippen LogP contribution in [0.1, 0.15) is 31.2 Å². The molecule has 4 rings (SSSR count). The van der Waals surface area contributed by atoms with Crippen LogP contribution in [-0.2, 0) is 27.7 Å². The van der Waals surface area contributed by atoms with Crippen LogP contribution in [0.5, 0.6) is 0 Å². The lowest BCUT2D eigenvalue weighted by Gasteiger charge is -2.22. The molecule has 1 aliphatic rings. The molecular formula is C24H25N3O5S2. The van der Waals surface area contributed by atoms with Gasteiger partial charge in [-0.3, -0.25) is 9.10 Å². The van der Waals surface area contributed by atoms with Gasteiger partial charge in [-0.2, -0.15) is 0 Å². The van der Waals surface area contributed by atoms with Crippen molar-refractivity contribution in [1.82, 2.24) is 4.90 Å². The van der Waals surface area contributed by atoms with Crippen LogP contribution < -0.4 is 9.62 Å². The van der Waals surface area contributed by atoms with E-state index in [2.05, 4.69) is 10.2 Å². The number of esters is 1. The number of carbonyl (C=O) groups is 2. The van der Waals surface area contributed by atoms with E-state index in [4.69, 9.17) is 4.74 Å². The fraction of sp³-hybridized carbons (Fsp3) is 0.250. The largest absolute Gasteiger partial charge is 0.465 e. The van der Waals surface area contributed by atoms with Crippen molar-refractivity contribution in [2.24, 2.45) is 0 Å². The molecule has 0 saturated heterocycles. The fourth-order valence-corrected chi connectivity index (χ4v) is 6.33. The van der Waals surface area contributed by atoms with Crippen LogP contribution in [-0.4, -0.2) is 52.9 Å². The zero-order chi connectivity index (χ0) is 24.5. The molecule has 0 spiro atoms. The van der Waals surface area contributed by atoms with E-state index in [0.717, 1.165) is 17.0 Å². The number of nitrogens with one attached hydrogen (secondary N) is 1. The minimum atomic E-state index is -3.78. The molecule has 0 radical (unpaired) electrons. The number of carbonyl (C=O) groups excluding carboxylic acids is 2. The number of likely N-dealkylation sites (N-methyl/N-ethyl adjacent to an activating group) is 1. The molecule has 0 saturated carbocycles. The maximum Gasteiger partial charge on any atom is 0.341 e. The number of amides is 1. The molecule has 3 aromatic rings. The molecule has 178 valence electrons. The molecule has 1 aliphatic heterocycles. The van der Waals surface area contributed by atoms with E-state index < -0.39 is 21.9 Å². The van der Waals surface area contributed by atoms with Crippen molar-refractivity contribution >= 4 is 43.9 Å². The summed E-state index contributed by atoms with van der Waals surface area (Å²) in [6.07, 6.45) is 0.699. The standard InChI is InChI=1S/C24H25N3O5S2/c1-26-14-13-19-20(15-26)33-23(21(19)24(29)32-3)25-22(28)16-9-11-18(12-10-16)34(30,31)27(2)17-7-5-4-6-8-17/h4-12H,13-15H2,1-3H3,(H,25,28). The molecule has 0 unspecified atom stereocenters. The first-order valence-corrected chi connectivity index (χ1v) is 12.8. The Kier molecular flexibility index (Phi) is 6.74. The van der Waals surface area contributed by atoms with Crippen LogP contribution in [0.4, 0.5) is 10.7 Å². The Hall–Kier alpha value is -3.21. The van der Waals surface area contributed by atoms with Crippen molar-refractivity contribution in [2.75, 3.05) is 37.4 Å². The van der Waals surface area contributed by atoms with E-state index in [-0.39, 0.29) is 10.5 Å². The highest BCUT2D eigenvalue weighted by atomic mass is 32.2. The van der Waals surface area contributed by atoms with Gasteiger partial charge in [0, 0.05) is 30.6 Å². The summed E-state index contributed by atoms with van der Waals surface area (Å²) >= 11 is 1.36. The molecule has 8 nitrogen and oxygen atoms in total. The summed E-state index contributed by atoms with van der Waals surface area (Å²) in [6, 6.07) is 14.5. The minimum Gasteiger partial charge on any atom is -0.465 e. The smallest absolute Gasteiger partial charge is 0.341 e. The van der Waals surface area contributed by atoms with Gasteiger partial charge in [0.05, 0.1) is 23.3 Å². The summed E-state index contributed by atoms with van der Waals surface area (Å²) in [5, 5.41) is 3.26. The van der Waals surface area contributed by atoms with Gasteiger partial charge in [-0.25, -0.2) is 13.2 Å². The number of rotatable bonds is 6. The quantitative estimate of drug-likeness (QED) is 0.521. The van der Waals surface area contributed by atoms with Gasteiger partial charge in [-0.15, -0.1) is 11.3 Å². The van der Waals surface area contributed by atoms with Crippen LogP contribution >= 0.6 is 11.3 Å². The Morgan fingerprint density at radius 3 is 2.41 bits per heavy atom. The fourth-order valence-electron chi connectivity index (χ4n) is 3.83. The lowest BCUT2D eigenvalue weighted by atomic mass is 10.0. The molecule has 10 heteroatoms. The number of nitrogens with zero attached hydrogens (tertiary/aromatic N) is 2. The van der Waals surface area contributed by atoms with Crippen LogP contribution in [0.2, 0.25) is 0 Å². The van der Waals surface area contributed by atoms with Gasteiger partial charge in [0.25, 0.3) is 15.9 Å². The predicted octanol–water partition coefficient (Wildman–Crippen LogP) is 3.60. The molecule has 0 bridgehead atoms. The first-order valence-electron chi connectivity index (χ1n) is 10.6. The number of hydrogen-bond donors (Lipinski definition) is 1. The second-order valence-electron chi connectivity index (χ2n) is 7.97. The number of hydrogen-bond acceptors (Lipinski definition) is 7. The van der Waals surface area contributed by atoms with Gasteiger partial charge in [0.15, 0.2) is 0 Å². The first kappa shape index (κ1) is 23.9. The van der Waals surface area contributed by atoms with Crippen molar-refractivity contribution in [3.63, 3.8) is 0 Å². The molecule has 0 aliphatic carbocycles. The molecule has 2 heterocycles. The molecule has 0 fully saturated rings. The average molecular weight is 500 g/mol. The molecule has 2 aromatic carbocycles. The third-order valence-corrected chi connectivity index (χ3v) is 8.69. The van der Waals surface area contributed by atoms with E-state index in [0.29, 0.717) is 29.2 Å². The number of sulfonamides is 1. The highest BCUT2D eigenvalue weighted by Gasteiger charge is 2.29. The van der Waals surface area contributed by atoms with E-state index in [1.165, 1.54) is 54.1 Å². The normalized spacial score (nSPS) is 13.7. The topological polar surface area (TPSA) is 96.0 Å². The Morgan fingerprint density at radius 1 is 1.09 bits per heavy atom. The van der Waals surface area contributed by atoms with Crippen molar-refractivity contribution in [3.8, 4) is 0 Å². The molecule has 1 aromatic heterocycles. The van der Waals surface area contributed by atoms with E-state index >= 15 is 0 Å². The molecule has 34 heavy (non-hydrogen) atoms. The number of methoxy groups -OCH3 is 1. The predicted molar refractivity (Wildman–Crippen MR) is 132 cm³/mol. The second-order valence-corrected chi connectivity index (χ2v) is 11.0. The summed E-state index contributed by atoms with van der Waals surface area (Å²) in [4.78, 5) is 28.6. The zero-order valence-corrected chi connectivity index (χ0v) is 20.7. The van der Waals surface area contributed by atoms with Gasteiger partial charge < -0.3 is 15.0 Å². The Bertz CT molecular complexity index is 1320. The van der Waals surface area contributed by atoms with Crippen LogP contribution in [0.3, 0.4) is 0 Å². The van der Waals surface area contributed by atoms with E-state index in [9.17, 15) is 18.0 Å². The Morgan fingerprint density at radius 2 is 1.76 bits per heavy atom. The summed E-state index contributed by atoms with van der Waals surface area (Å²) < 4.78 is 32.1. The van der Waals surface area contributed by atoms with Crippen molar-refractivity contribution in [1.29, 1.82) is 0 Å². The third-order valence-electron chi connectivity index (χ3n) is 5.76. The number of para-hydroxylation sites is 1. The van der Waals surface area contributed by atoms with Gasteiger partial charge >= 0.3 is 5.97 Å². The van der Waals surface area contributed by atoms with Gasteiger partial charge in [0.2, 0.25) is 0 Å². The van der Waals surface area contributed by atoms with Crippen LogP contribution in [0.25, 0.3) is 0 Å². The van der Waals surface area contributed by atoms with Gasteiger partial charge in [0.1, 0.15) is 5.00 Å². The molecular weight excluding hydrogens is 474 g/mol. The Labute approximate surface area is 202 Å². The van der Waals surface area contributed by atoms with Crippen molar-refractivity contribution in [2.45, 2.75) is 17.9 Å². The number of fused-ring (bicyclic) bond motifs is 1. The zero-order valence-electron chi connectivity index (χ0n) is 19.1. The highest BCUT2D eigenvalue weighted by molar-refractivity contribution is 7.92. The number of ether oxygens (including phenoxy) is 1. The first-order chi connectivity index (χ1) is 16.2.